The third-order valence-electron chi connectivity index (χ3n) is 0. The molecule has 0 amide bonds. The first-order valence-corrected chi connectivity index (χ1v) is 0.800. The molecule has 0 rings (SSSR count). The zero-order valence-electron chi connectivity index (χ0n) is 3.18. The van der Waals surface area contributed by atoms with Crippen LogP contribution in [0.2, 0.25) is 0 Å². The van der Waals surface area contributed by atoms with Crippen LogP contribution in [0.3, 0.4) is 0 Å². The molecule has 0 spiro atoms. The van der Waals surface area contributed by atoms with Gasteiger partial charge < -0.3 is 22.1 Å². The summed E-state index contributed by atoms with van der Waals surface area (Å²) >= 11 is 0. The molecule has 0 aliphatic carbocycles. The molecule has 6 nitrogen and oxygen atoms in total. The van der Waals surface area contributed by atoms with Gasteiger partial charge in [-0.05, 0) is 0 Å². The number of nitrogens with zero attached hydrogens (tertiary/aromatic N) is 6. The van der Waals surface area contributed by atoms with Crippen molar-refractivity contribution in [2.24, 2.45) is 0 Å². The predicted octanol–water partition coefficient (Wildman–Crippen LogP) is 1.35. The van der Waals surface area contributed by atoms with Gasteiger partial charge >= 0.3 is 0 Å². The normalized spacial score (nSPS) is 2.29. The molecule has 0 atom stereocenters. The summed E-state index contributed by atoms with van der Waals surface area (Å²) in [4.78, 5) is 3.00. The molecule has 0 bridgehead atoms. The van der Waals surface area contributed by atoms with Crippen molar-refractivity contribution < 1.29 is 0 Å². The Labute approximate surface area is 59.5 Å². The van der Waals surface area contributed by atoms with Crippen LogP contribution in [0.25, 0.3) is 31.9 Å². The van der Waals surface area contributed by atoms with E-state index in [2.05, 4.69) is 0 Å². The topological polar surface area (TPSA) is 117 Å². The smallest absolute Gasteiger partial charge is 0 e. The van der Waals surface area contributed by atoms with Crippen LogP contribution in [-0.2, 0) is 0 Å². The van der Waals surface area contributed by atoms with Crippen molar-refractivity contribution >= 4 is 27.3 Å². The van der Waals surface area contributed by atoms with E-state index in [1.807, 2.05) is 0 Å². The van der Waals surface area contributed by atoms with Crippen LogP contribution in [0.5, 0.6) is 0 Å². The molecule has 7 heteroatoms. The fourth-order valence-electron chi connectivity index (χ4n) is 0. The van der Waals surface area contributed by atoms with E-state index in [1.54, 1.807) is 0 Å². The Morgan fingerprint density at radius 1 is 0.714 bits per heavy atom. The summed E-state index contributed by atoms with van der Waals surface area (Å²) < 4.78 is 0. The van der Waals surface area contributed by atoms with Crippen LogP contribution in [0.4, 0.5) is 0 Å². The molecule has 0 fully saturated rings. The average Bonchev–Trinajstić information content (AvgIpc) is 1.39. The maximum absolute atomic E-state index is 6.75. The van der Waals surface area contributed by atoms with Crippen molar-refractivity contribution in [1.29, 1.82) is 0 Å². The Bertz CT molecular complexity index is 58.2. The van der Waals surface area contributed by atoms with Gasteiger partial charge in [-0.3, -0.25) is 9.82 Å². The van der Waals surface area contributed by atoms with Gasteiger partial charge in [-0.15, -0.1) is 0 Å². The van der Waals surface area contributed by atoms with E-state index >= 15 is 0 Å². The fraction of sp³-hybridized carbons (Fsp3) is 0. The minimum Gasteiger partial charge on any atom is -0.373 e. The third-order valence-corrected chi connectivity index (χ3v) is 0. The van der Waals surface area contributed by atoms with Gasteiger partial charge in [0.05, 0.1) is 0 Å². The summed E-state index contributed by atoms with van der Waals surface area (Å²) in [6.07, 6.45) is 0. The van der Waals surface area contributed by atoms with E-state index in [1.165, 1.54) is 9.82 Å². The Hall–Kier alpha value is -0.458. The summed E-state index contributed by atoms with van der Waals surface area (Å²) in [6.45, 7) is 0. The molecule has 0 aliphatic rings. The van der Waals surface area contributed by atoms with Gasteiger partial charge in [0.15, 0.2) is 0 Å². The second-order valence-electron chi connectivity index (χ2n) is 0.179. The van der Waals surface area contributed by atoms with Crippen LogP contribution in [0.15, 0.2) is 0 Å². The van der Waals surface area contributed by atoms with Crippen LogP contribution in [0, 0.1) is 0 Å². The Kier molecular flexibility index (Phi) is 110. The van der Waals surface area contributed by atoms with Gasteiger partial charge in [-0.2, -0.15) is 0 Å². The third kappa shape index (κ3) is 332. The van der Waals surface area contributed by atoms with E-state index < -0.39 is 0 Å². The summed E-state index contributed by atoms with van der Waals surface area (Å²) in [5, 5.41) is 0. The quantitative estimate of drug-likeness (QED) is 0.277. The Balaban J connectivity index is -0.0000000400. The van der Waals surface area contributed by atoms with Crippen molar-refractivity contribution in [2.75, 3.05) is 0 Å². The first-order valence-electron chi connectivity index (χ1n) is 0.800. The van der Waals surface area contributed by atoms with Gasteiger partial charge in [0.25, 0.3) is 0 Å². The van der Waals surface area contributed by atoms with Crippen molar-refractivity contribution in [2.45, 2.75) is 0 Å². The summed E-state index contributed by atoms with van der Waals surface area (Å²) in [7, 11) is 0. The molecule has 0 unspecified atom stereocenters. The molecule has 0 N–H and O–H groups in total. The Morgan fingerprint density at radius 2 is 0.714 bits per heavy atom. The zero-order chi connectivity index (χ0) is 5.41. The van der Waals surface area contributed by atoms with Crippen molar-refractivity contribution in [3.05, 3.63) is 31.9 Å². The zero-order valence-corrected chi connectivity index (χ0v) is 7.07. The monoisotopic (exact) mass is 292 g/mol. The minimum absolute atomic E-state index is 0. The molecular weight excluding hydrogens is 291 g/mol. The molecular formula is N6Pb-2. The molecule has 0 saturated heterocycles. The summed E-state index contributed by atoms with van der Waals surface area (Å²) in [6, 6.07) is 0. The van der Waals surface area contributed by atoms with E-state index in [0.717, 1.165) is 0 Å². The summed E-state index contributed by atoms with van der Waals surface area (Å²) in [5.41, 5.74) is 27.0. The maximum Gasteiger partial charge on any atom is 0 e. The number of rotatable bonds is 0. The largest absolute Gasteiger partial charge is 0.373 e. The molecule has 0 aromatic rings. The minimum atomic E-state index is 0. The van der Waals surface area contributed by atoms with Crippen LogP contribution < -0.4 is 0 Å². The molecule has 0 heterocycles. The Morgan fingerprint density at radius 3 is 0.714 bits per heavy atom. The second-order valence-corrected chi connectivity index (χ2v) is 0.179. The standard InChI is InChI=1S/2N3.Pb/c2*1-3-2;/q2*-1;. The number of hydrogen-bond donors (Lipinski definition) is 0. The predicted molar refractivity (Wildman–Crippen MR) is 25.9 cm³/mol. The molecule has 0 aromatic carbocycles. The van der Waals surface area contributed by atoms with Crippen molar-refractivity contribution in [3.63, 3.8) is 0 Å². The molecule has 0 aromatic heterocycles. The van der Waals surface area contributed by atoms with Crippen molar-refractivity contribution in [1.82, 2.24) is 0 Å². The second kappa shape index (κ2) is 48.1. The van der Waals surface area contributed by atoms with E-state index in [0.29, 0.717) is 0 Å². The van der Waals surface area contributed by atoms with E-state index in [-0.39, 0.29) is 27.3 Å². The van der Waals surface area contributed by atoms with Crippen LogP contribution in [-0.4, -0.2) is 27.3 Å². The number of hydrogen-bond acceptors (Lipinski definition) is 0. The maximum atomic E-state index is 6.75. The average molecular weight is 291 g/mol. The van der Waals surface area contributed by atoms with Crippen LogP contribution >= 0.6 is 0 Å². The molecule has 36 valence electrons. The first kappa shape index (κ1) is 16.0. The van der Waals surface area contributed by atoms with Crippen molar-refractivity contribution in [3.8, 4) is 0 Å². The van der Waals surface area contributed by atoms with Gasteiger partial charge in [0, 0.05) is 27.3 Å². The van der Waals surface area contributed by atoms with E-state index in [9.17, 15) is 0 Å². The summed E-state index contributed by atoms with van der Waals surface area (Å²) in [5.74, 6) is 0. The fourth-order valence-corrected chi connectivity index (χ4v) is 0. The first-order chi connectivity index (χ1) is 2.83. The van der Waals surface area contributed by atoms with E-state index in [4.69, 9.17) is 22.1 Å². The molecule has 0 aliphatic heterocycles. The molecule has 0 saturated carbocycles. The van der Waals surface area contributed by atoms with Gasteiger partial charge in [-0.1, -0.05) is 0 Å². The molecule has 4 radical (unpaired) electrons. The molecule has 7 heavy (non-hydrogen) atoms. The van der Waals surface area contributed by atoms with Gasteiger partial charge in [0.2, 0.25) is 0 Å². The van der Waals surface area contributed by atoms with Gasteiger partial charge in [0.1, 0.15) is 0 Å². The SMILES string of the molecule is [N-]=[N+]=[N-].[N-]=[N+]=[N-].[Pb]. The van der Waals surface area contributed by atoms with Gasteiger partial charge in [-0.25, -0.2) is 0 Å². The van der Waals surface area contributed by atoms with Crippen LogP contribution in [0.1, 0.15) is 0 Å².